The second-order valence-corrected chi connectivity index (χ2v) is 4.09. The summed E-state index contributed by atoms with van der Waals surface area (Å²) >= 11 is 0. The first-order chi connectivity index (χ1) is 8.61. The van der Waals surface area contributed by atoms with E-state index in [4.69, 9.17) is 9.47 Å². The predicted molar refractivity (Wildman–Crippen MR) is 68.3 cm³/mol. The molecule has 1 heterocycles. The van der Waals surface area contributed by atoms with E-state index in [1.54, 1.807) is 26.1 Å². The zero-order valence-corrected chi connectivity index (χ0v) is 11.1. The number of esters is 1. The van der Waals surface area contributed by atoms with E-state index in [-0.39, 0.29) is 18.7 Å². The molecular formula is C13H20N2O3. The molecule has 0 aliphatic carbocycles. The van der Waals surface area contributed by atoms with Gasteiger partial charge in [0.25, 0.3) is 0 Å². The van der Waals surface area contributed by atoms with Crippen molar-refractivity contribution in [1.29, 1.82) is 0 Å². The lowest BCUT2D eigenvalue weighted by molar-refractivity contribution is -0.149. The van der Waals surface area contributed by atoms with E-state index in [0.29, 0.717) is 5.75 Å². The minimum absolute atomic E-state index is 0.0909. The summed E-state index contributed by atoms with van der Waals surface area (Å²) in [6, 6.07) is 3.66. The number of carbonyl (C=O) groups excluding carboxylic acids is 1. The monoisotopic (exact) mass is 252 g/mol. The van der Waals surface area contributed by atoms with Crippen molar-refractivity contribution in [3.05, 3.63) is 24.0 Å². The summed E-state index contributed by atoms with van der Waals surface area (Å²) in [5.41, 5.74) is 0.939. The molecule has 100 valence electrons. The number of hydrogen-bond donors (Lipinski definition) is 1. The molecule has 0 aliphatic rings. The van der Waals surface area contributed by atoms with Crippen LogP contribution < -0.4 is 10.1 Å². The molecule has 1 aromatic rings. The molecule has 0 amide bonds. The number of hydrogen-bond acceptors (Lipinski definition) is 5. The van der Waals surface area contributed by atoms with Crippen molar-refractivity contribution in [3.8, 4) is 5.75 Å². The number of aromatic nitrogens is 1. The molecule has 5 nitrogen and oxygen atoms in total. The van der Waals surface area contributed by atoms with Gasteiger partial charge in [0, 0.05) is 6.54 Å². The summed E-state index contributed by atoms with van der Waals surface area (Å²) in [5, 5.41) is 3.18. The first-order valence-electron chi connectivity index (χ1n) is 6.09. The molecule has 5 heteroatoms. The average molecular weight is 252 g/mol. The van der Waals surface area contributed by atoms with Crippen molar-refractivity contribution in [2.24, 2.45) is 0 Å². The van der Waals surface area contributed by atoms with Crippen molar-refractivity contribution in [1.82, 2.24) is 10.3 Å². The first kappa shape index (κ1) is 14.4. The Labute approximate surface area is 108 Å². The highest BCUT2D eigenvalue weighted by molar-refractivity contribution is 5.71. The third-order valence-electron chi connectivity index (χ3n) is 2.08. The maximum absolute atomic E-state index is 11.3. The summed E-state index contributed by atoms with van der Waals surface area (Å²) in [5.74, 6) is 0.192. The van der Waals surface area contributed by atoms with Gasteiger partial charge < -0.3 is 14.8 Å². The van der Waals surface area contributed by atoms with Crippen molar-refractivity contribution >= 4 is 5.97 Å². The Morgan fingerprint density at radius 3 is 2.78 bits per heavy atom. The molecule has 18 heavy (non-hydrogen) atoms. The van der Waals surface area contributed by atoms with Crippen LogP contribution in [0.15, 0.2) is 18.3 Å². The van der Waals surface area contributed by atoms with Crippen LogP contribution in [-0.2, 0) is 16.1 Å². The first-order valence-corrected chi connectivity index (χ1v) is 6.09. The summed E-state index contributed by atoms with van der Waals surface area (Å²) in [4.78, 5) is 15.5. The Morgan fingerprint density at radius 2 is 2.22 bits per heavy atom. The lowest BCUT2D eigenvalue weighted by atomic mass is 10.3. The standard InChI is InChI=1S/C13H20N2O3/c1-4-14-7-11-5-6-12(8-15-11)17-9-13(16)18-10(2)3/h5-6,8,10,14H,4,7,9H2,1-3H3. The fourth-order valence-corrected chi connectivity index (χ4v) is 1.29. The number of rotatable bonds is 7. The van der Waals surface area contributed by atoms with Crippen molar-refractivity contribution in [3.63, 3.8) is 0 Å². The molecule has 0 fully saturated rings. The van der Waals surface area contributed by atoms with Crippen LogP contribution in [0.25, 0.3) is 0 Å². The molecule has 1 rings (SSSR count). The second kappa shape index (κ2) is 7.66. The number of pyridine rings is 1. The molecule has 0 aliphatic heterocycles. The van der Waals surface area contributed by atoms with Crippen LogP contribution in [-0.4, -0.2) is 30.2 Å². The van der Waals surface area contributed by atoms with Gasteiger partial charge >= 0.3 is 5.97 Å². The van der Waals surface area contributed by atoms with Crippen molar-refractivity contribution in [2.75, 3.05) is 13.2 Å². The summed E-state index contributed by atoms with van der Waals surface area (Å²) in [7, 11) is 0. The van der Waals surface area contributed by atoms with Crippen LogP contribution in [0.1, 0.15) is 26.5 Å². The molecule has 0 unspecified atom stereocenters. The molecule has 0 bridgehead atoms. The Balaban J connectivity index is 2.37. The quantitative estimate of drug-likeness (QED) is 0.746. The van der Waals surface area contributed by atoms with Gasteiger partial charge in [0.2, 0.25) is 0 Å². The summed E-state index contributed by atoms with van der Waals surface area (Å²) in [6.45, 7) is 7.18. The van der Waals surface area contributed by atoms with Crippen molar-refractivity contribution < 1.29 is 14.3 Å². The number of carbonyl (C=O) groups is 1. The van der Waals surface area contributed by atoms with Gasteiger partial charge in [0.15, 0.2) is 6.61 Å². The van der Waals surface area contributed by atoms with Crippen LogP contribution >= 0.6 is 0 Å². The lowest BCUT2D eigenvalue weighted by Gasteiger charge is -2.09. The van der Waals surface area contributed by atoms with Crippen LogP contribution in [0.4, 0.5) is 0 Å². The van der Waals surface area contributed by atoms with Crippen LogP contribution in [0.3, 0.4) is 0 Å². The van der Waals surface area contributed by atoms with Gasteiger partial charge in [0.05, 0.1) is 18.0 Å². The fourth-order valence-electron chi connectivity index (χ4n) is 1.29. The normalized spacial score (nSPS) is 10.4. The predicted octanol–water partition coefficient (Wildman–Crippen LogP) is 1.52. The highest BCUT2D eigenvalue weighted by atomic mass is 16.6. The van der Waals surface area contributed by atoms with E-state index in [1.165, 1.54) is 0 Å². The zero-order valence-electron chi connectivity index (χ0n) is 11.1. The highest BCUT2D eigenvalue weighted by Gasteiger charge is 2.06. The minimum atomic E-state index is -0.373. The topological polar surface area (TPSA) is 60.5 Å². The van der Waals surface area contributed by atoms with E-state index in [0.717, 1.165) is 18.8 Å². The molecule has 0 spiro atoms. The molecule has 1 N–H and O–H groups in total. The number of ether oxygens (including phenoxy) is 2. The average Bonchev–Trinajstić information content (AvgIpc) is 2.34. The third kappa shape index (κ3) is 5.63. The van der Waals surface area contributed by atoms with E-state index >= 15 is 0 Å². The van der Waals surface area contributed by atoms with Gasteiger partial charge in [-0.05, 0) is 32.5 Å². The highest BCUT2D eigenvalue weighted by Crippen LogP contribution is 2.09. The van der Waals surface area contributed by atoms with E-state index in [9.17, 15) is 4.79 Å². The Hall–Kier alpha value is -1.62. The molecular weight excluding hydrogens is 232 g/mol. The fraction of sp³-hybridized carbons (Fsp3) is 0.538. The van der Waals surface area contributed by atoms with E-state index in [1.807, 2.05) is 13.0 Å². The molecule has 0 saturated heterocycles. The van der Waals surface area contributed by atoms with Crippen molar-refractivity contribution in [2.45, 2.75) is 33.4 Å². The van der Waals surface area contributed by atoms with E-state index in [2.05, 4.69) is 10.3 Å². The Morgan fingerprint density at radius 1 is 1.44 bits per heavy atom. The SMILES string of the molecule is CCNCc1ccc(OCC(=O)OC(C)C)cn1. The van der Waals surface area contributed by atoms with Gasteiger partial charge in [-0.2, -0.15) is 0 Å². The number of nitrogens with zero attached hydrogens (tertiary/aromatic N) is 1. The second-order valence-electron chi connectivity index (χ2n) is 4.09. The molecule has 1 aromatic heterocycles. The van der Waals surface area contributed by atoms with E-state index < -0.39 is 0 Å². The van der Waals surface area contributed by atoms with Crippen LogP contribution in [0.5, 0.6) is 5.75 Å². The van der Waals surface area contributed by atoms with Crippen LogP contribution in [0, 0.1) is 0 Å². The third-order valence-corrected chi connectivity index (χ3v) is 2.08. The van der Waals surface area contributed by atoms with Gasteiger partial charge in [0.1, 0.15) is 5.75 Å². The Kier molecular flexibility index (Phi) is 6.14. The number of nitrogens with one attached hydrogen (secondary N) is 1. The maximum Gasteiger partial charge on any atom is 0.344 e. The van der Waals surface area contributed by atoms with Gasteiger partial charge in [-0.25, -0.2) is 4.79 Å². The van der Waals surface area contributed by atoms with Gasteiger partial charge in [-0.3, -0.25) is 4.98 Å². The largest absolute Gasteiger partial charge is 0.480 e. The zero-order chi connectivity index (χ0) is 13.4. The smallest absolute Gasteiger partial charge is 0.344 e. The van der Waals surface area contributed by atoms with Gasteiger partial charge in [-0.1, -0.05) is 6.92 Å². The minimum Gasteiger partial charge on any atom is -0.480 e. The molecule has 0 aromatic carbocycles. The lowest BCUT2D eigenvalue weighted by Crippen LogP contribution is -2.18. The molecule has 0 radical (unpaired) electrons. The van der Waals surface area contributed by atoms with Crippen LogP contribution in [0.2, 0.25) is 0 Å². The summed E-state index contributed by atoms with van der Waals surface area (Å²) < 4.78 is 10.2. The summed E-state index contributed by atoms with van der Waals surface area (Å²) in [6.07, 6.45) is 1.48. The molecule has 0 saturated carbocycles. The van der Waals surface area contributed by atoms with Gasteiger partial charge in [-0.15, -0.1) is 0 Å². The Bertz CT molecular complexity index is 363. The molecule has 0 atom stereocenters. The maximum atomic E-state index is 11.3.